The van der Waals surface area contributed by atoms with E-state index in [0.29, 0.717) is 23.0 Å². The number of hydrogen-bond acceptors (Lipinski definition) is 2. The lowest BCUT2D eigenvalue weighted by atomic mass is 9.47. The summed E-state index contributed by atoms with van der Waals surface area (Å²) < 4.78 is 5.72. The van der Waals surface area contributed by atoms with Gasteiger partial charge in [0.15, 0.2) is 0 Å². The minimum absolute atomic E-state index is 0.463. The second-order valence-electron chi connectivity index (χ2n) is 10.8. The fourth-order valence-corrected chi connectivity index (χ4v) is 8.02. The third kappa shape index (κ3) is 2.65. The summed E-state index contributed by atoms with van der Waals surface area (Å²) in [7, 11) is 6.45. The SMILES string of the molecule is CO[C@H]1CC[C@@]2(C)C(=CC[C@@H]3[C@H]4CC[C@H]([C@H](C)N(C)C)[C@@]4(C)CC[C@H]32)C1. The Morgan fingerprint density at radius 3 is 2.54 bits per heavy atom. The van der Waals surface area contributed by atoms with Crippen LogP contribution in [0.25, 0.3) is 0 Å². The van der Waals surface area contributed by atoms with Crippen molar-refractivity contribution < 1.29 is 4.74 Å². The van der Waals surface area contributed by atoms with Crippen LogP contribution < -0.4 is 0 Å². The molecule has 0 bridgehead atoms. The van der Waals surface area contributed by atoms with Crippen molar-refractivity contribution in [1.29, 1.82) is 0 Å². The average Bonchev–Trinajstić information content (AvgIpc) is 2.97. The first kappa shape index (κ1) is 19.0. The number of allylic oxidation sites excluding steroid dienone is 1. The van der Waals surface area contributed by atoms with Crippen LogP contribution in [0, 0.1) is 34.5 Å². The van der Waals surface area contributed by atoms with E-state index in [4.69, 9.17) is 4.74 Å². The number of hydrogen-bond donors (Lipinski definition) is 0. The Morgan fingerprint density at radius 1 is 1.08 bits per heavy atom. The fraction of sp³-hybridized carbons (Fsp3) is 0.917. The van der Waals surface area contributed by atoms with Crippen LogP contribution in [0.5, 0.6) is 0 Å². The van der Waals surface area contributed by atoms with Gasteiger partial charge in [0.1, 0.15) is 0 Å². The molecule has 0 amide bonds. The Hall–Kier alpha value is -0.340. The maximum atomic E-state index is 5.72. The maximum Gasteiger partial charge on any atom is 0.0608 e. The molecule has 2 heteroatoms. The zero-order chi connectivity index (χ0) is 18.7. The van der Waals surface area contributed by atoms with Crippen molar-refractivity contribution >= 4 is 0 Å². The minimum Gasteiger partial charge on any atom is -0.381 e. The van der Waals surface area contributed by atoms with E-state index in [2.05, 4.69) is 45.8 Å². The summed E-state index contributed by atoms with van der Waals surface area (Å²) in [5, 5.41) is 0. The van der Waals surface area contributed by atoms with Crippen molar-refractivity contribution in [3.8, 4) is 0 Å². The molecule has 8 atom stereocenters. The summed E-state index contributed by atoms with van der Waals surface area (Å²) in [5.74, 6) is 3.68. The van der Waals surface area contributed by atoms with Crippen LogP contribution in [0.1, 0.15) is 72.1 Å². The van der Waals surface area contributed by atoms with E-state index in [1.807, 2.05) is 7.11 Å². The Bertz CT molecular complexity index is 569. The molecular formula is C24H41NO. The summed E-state index contributed by atoms with van der Waals surface area (Å²) in [5.41, 5.74) is 2.78. The fourth-order valence-electron chi connectivity index (χ4n) is 8.02. The van der Waals surface area contributed by atoms with E-state index in [1.165, 1.54) is 51.4 Å². The van der Waals surface area contributed by atoms with Gasteiger partial charge in [0.25, 0.3) is 0 Å². The van der Waals surface area contributed by atoms with Crippen LogP contribution in [-0.2, 0) is 4.74 Å². The molecule has 0 aliphatic heterocycles. The lowest BCUT2D eigenvalue weighted by molar-refractivity contribution is -0.0613. The molecule has 4 aliphatic rings. The Kier molecular flexibility index (Phi) is 4.84. The van der Waals surface area contributed by atoms with Gasteiger partial charge in [0, 0.05) is 13.2 Å². The summed E-state index contributed by atoms with van der Waals surface area (Å²) in [6.45, 7) is 7.74. The molecular weight excluding hydrogens is 318 g/mol. The molecule has 0 radical (unpaired) electrons. The predicted molar refractivity (Wildman–Crippen MR) is 109 cm³/mol. The first-order chi connectivity index (χ1) is 12.3. The highest BCUT2D eigenvalue weighted by Crippen LogP contribution is 2.66. The molecule has 0 saturated heterocycles. The van der Waals surface area contributed by atoms with Crippen molar-refractivity contribution in [2.75, 3.05) is 21.2 Å². The molecule has 26 heavy (non-hydrogen) atoms. The van der Waals surface area contributed by atoms with Crippen molar-refractivity contribution in [2.45, 2.75) is 84.3 Å². The maximum absolute atomic E-state index is 5.72. The average molecular weight is 360 g/mol. The summed E-state index contributed by atoms with van der Waals surface area (Å²) in [6, 6.07) is 0.712. The van der Waals surface area contributed by atoms with E-state index in [-0.39, 0.29) is 0 Å². The largest absolute Gasteiger partial charge is 0.381 e. The van der Waals surface area contributed by atoms with E-state index >= 15 is 0 Å². The van der Waals surface area contributed by atoms with Gasteiger partial charge in [-0.15, -0.1) is 0 Å². The lowest BCUT2D eigenvalue weighted by Crippen LogP contribution is -2.52. The summed E-state index contributed by atoms with van der Waals surface area (Å²) in [4.78, 5) is 2.47. The number of methoxy groups -OCH3 is 1. The zero-order valence-electron chi connectivity index (χ0n) is 18.1. The van der Waals surface area contributed by atoms with Gasteiger partial charge in [-0.3, -0.25) is 0 Å². The highest BCUT2D eigenvalue weighted by molar-refractivity contribution is 5.25. The third-order valence-corrected chi connectivity index (χ3v) is 9.86. The number of ether oxygens (including phenoxy) is 1. The Morgan fingerprint density at radius 2 is 1.85 bits per heavy atom. The molecule has 0 spiro atoms. The topological polar surface area (TPSA) is 12.5 Å². The van der Waals surface area contributed by atoms with Crippen LogP contribution in [0.2, 0.25) is 0 Å². The Labute approximate surface area is 161 Å². The first-order valence-corrected chi connectivity index (χ1v) is 11.2. The van der Waals surface area contributed by atoms with Crippen molar-refractivity contribution in [3.63, 3.8) is 0 Å². The third-order valence-electron chi connectivity index (χ3n) is 9.86. The molecule has 3 saturated carbocycles. The lowest BCUT2D eigenvalue weighted by Gasteiger charge is -2.58. The van der Waals surface area contributed by atoms with Gasteiger partial charge in [0.05, 0.1) is 6.10 Å². The van der Waals surface area contributed by atoms with Gasteiger partial charge >= 0.3 is 0 Å². The van der Waals surface area contributed by atoms with Gasteiger partial charge in [-0.25, -0.2) is 0 Å². The molecule has 0 aromatic heterocycles. The van der Waals surface area contributed by atoms with Crippen LogP contribution in [0.15, 0.2) is 11.6 Å². The molecule has 0 heterocycles. The van der Waals surface area contributed by atoms with Crippen molar-refractivity contribution in [1.82, 2.24) is 4.90 Å². The molecule has 3 fully saturated rings. The zero-order valence-corrected chi connectivity index (χ0v) is 18.1. The highest BCUT2D eigenvalue weighted by atomic mass is 16.5. The first-order valence-electron chi connectivity index (χ1n) is 11.2. The van der Waals surface area contributed by atoms with E-state index in [9.17, 15) is 0 Å². The van der Waals surface area contributed by atoms with Crippen LogP contribution in [-0.4, -0.2) is 38.3 Å². The van der Waals surface area contributed by atoms with Crippen LogP contribution in [0.4, 0.5) is 0 Å². The molecule has 4 rings (SSSR count). The van der Waals surface area contributed by atoms with E-state index < -0.39 is 0 Å². The van der Waals surface area contributed by atoms with Crippen molar-refractivity contribution in [2.24, 2.45) is 34.5 Å². The van der Waals surface area contributed by atoms with Gasteiger partial charge in [-0.1, -0.05) is 25.5 Å². The predicted octanol–water partition coefficient (Wildman–Crippen LogP) is 5.53. The normalized spacial score (nSPS) is 49.2. The second-order valence-corrected chi connectivity index (χ2v) is 10.8. The molecule has 0 unspecified atom stereocenters. The van der Waals surface area contributed by atoms with E-state index in [0.717, 1.165) is 23.7 Å². The smallest absolute Gasteiger partial charge is 0.0608 e. The standard InChI is InChI=1S/C24H41NO/c1-16(25(4)5)20-9-10-21-19-8-7-17-15-18(26-6)11-13-23(17,2)22(19)12-14-24(20,21)3/h7,16,18-22H,8-15H2,1-6H3/t16-,18-,19+,20+,21+,22+,23-,24+/m0/s1. The minimum atomic E-state index is 0.463. The molecule has 0 aromatic rings. The highest BCUT2D eigenvalue weighted by Gasteiger charge is 2.59. The molecule has 0 aromatic carbocycles. The Balaban J connectivity index is 1.60. The number of nitrogens with zero attached hydrogens (tertiary/aromatic N) is 1. The van der Waals surface area contributed by atoms with Crippen LogP contribution >= 0.6 is 0 Å². The van der Waals surface area contributed by atoms with Gasteiger partial charge in [-0.05, 0) is 107 Å². The van der Waals surface area contributed by atoms with Gasteiger partial charge in [0.2, 0.25) is 0 Å². The van der Waals surface area contributed by atoms with E-state index in [1.54, 1.807) is 5.57 Å². The van der Waals surface area contributed by atoms with Crippen LogP contribution in [0.3, 0.4) is 0 Å². The molecule has 2 nitrogen and oxygen atoms in total. The summed E-state index contributed by atoms with van der Waals surface area (Å²) in [6.07, 6.45) is 14.1. The van der Waals surface area contributed by atoms with Gasteiger partial charge in [-0.2, -0.15) is 0 Å². The molecule has 4 aliphatic carbocycles. The second kappa shape index (κ2) is 6.62. The number of rotatable bonds is 3. The number of fused-ring (bicyclic) bond motifs is 5. The molecule has 148 valence electrons. The quantitative estimate of drug-likeness (QED) is 0.614. The molecule has 0 N–H and O–H groups in total. The van der Waals surface area contributed by atoms with Gasteiger partial charge < -0.3 is 9.64 Å². The van der Waals surface area contributed by atoms with Crippen molar-refractivity contribution in [3.05, 3.63) is 11.6 Å². The summed E-state index contributed by atoms with van der Waals surface area (Å²) >= 11 is 0. The monoisotopic (exact) mass is 359 g/mol.